The molecule has 4 rings (SSSR count). The average Bonchev–Trinajstić information content (AvgIpc) is 2.78. The highest BCUT2D eigenvalue weighted by Gasteiger charge is 2.37. The number of nitrogens with zero attached hydrogens (tertiary/aromatic N) is 1. The van der Waals surface area contributed by atoms with Crippen LogP contribution in [0.15, 0.2) is 78.4 Å². The molecule has 0 unspecified atom stereocenters. The number of imide groups is 2. The lowest BCUT2D eigenvalue weighted by molar-refractivity contribution is -0.122. The minimum atomic E-state index is -0.779. The molecular formula is C25H19ClN2O4. The molecule has 32 heavy (non-hydrogen) atoms. The monoisotopic (exact) mass is 446 g/mol. The van der Waals surface area contributed by atoms with Crippen LogP contribution in [0.25, 0.3) is 6.08 Å². The zero-order chi connectivity index (χ0) is 22.7. The Morgan fingerprint density at radius 1 is 0.938 bits per heavy atom. The van der Waals surface area contributed by atoms with E-state index in [1.165, 1.54) is 6.08 Å². The number of carbonyl (C=O) groups is 3. The van der Waals surface area contributed by atoms with Crippen molar-refractivity contribution in [1.29, 1.82) is 0 Å². The van der Waals surface area contributed by atoms with Crippen molar-refractivity contribution in [2.24, 2.45) is 0 Å². The van der Waals surface area contributed by atoms with E-state index in [2.05, 4.69) is 5.32 Å². The molecule has 1 aliphatic heterocycles. The van der Waals surface area contributed by atoms with Gasteiger partial charge in [0.05, 0.1) is 5.69 Å². The summed E-state index contributed by atoms with van der Waals surface area (Å²) in [5.74, 6) is -0.951. The lowest BCUT2D eigenvalue weighted by atomic mass is 10.1. The second-order valence-corrected chi connectivity index (χ2v) is 7.63. The minimum Gasteiger partial charge on any atom is -0.488 e. The number of barbiturate groups is 1. The average molecular weight is 447 g/mol. The fraction of sp³-hybridized carbons (Fsp3) is 0.0800. The lowest BCUT2D eigenvalue weighted by Crippen LogP contribution is -2.54. The number of anilines is 1. The van der Waals surface area contributed by atoms with Crippen LogP contribution in [0.5, 0.6) is 5.75 Å². The van der Waals surface area contributed by atoms with Gasteiger partial charge in [-0.3, -0.25) is 14.9 Å². The summed E-state index contributed by atoms with van der Waals surface area (Å²) in [6, 6.07) is 20.5. The molecule has 4 amide bonds. The van der Waals surface area contributed by atoms with Crippen molar-refractivity contribution in [2.45, 2.75) is 13.5 Å². The van der Waals surface area contributed by atoms with Gasteiger partial charge in [-0.2, -0.15) is 0 Å². The van der Waals surface area contributed by atoms with Gasteiger partial charge < -0.3 is 4.74 Å². The summed E-state index contributed by atoms with van der Waals surface area (Å²) in [6.07, 6.45) is 1.44. The van der Waals surface area contributed by atoms with E-state index in [1.807, 2.05) is 12.1 Å². The van der Waals surface area contributed by atoms with Gasteiger partial charge in [-0.15, -0.1) is 0 Å². The third-order valence-electron chi connectivity index (χ3n) is 4.98. The van der Waals surface area contributed by atoms with Crippen molar-refractivity contribution in [3.8, 4) is 5.75 Å². The van der Waals surface area contributed by atoms with Gasteiger partial charge >= 0.3 is 6.03 Å². The van der Waals surface area contributed by atoms with Gasteiger partial charge in [-0.1, -0.05) is 60.1 Å². The van der Waals surface area contributed by atoms with Crippen LogP contribution in [-0.2, 0) is 16.2 Å². The first-order chi connectivity index (χ1) is 15.4. The molecule has 160 valence electrons. The van der Waals surface area contributed by atoms with E-state index in [1.54, 1.807) is 67.6 Å². The first-order valence-electron chi connectivity index (χ1n) is 9.87. The molecule has 0 spiro atoms. The van der Waals surface area contributed by atoms with E-state index in [9.17, 15) is 14.4 Å². The van der Waals surface area contributed by atoms with Crippen LogP contribution in [0.4, 0.5) is 10.5 Å². The molecule has 0 bridgehead atoms. The Hall–Kier alpha value is -3.90. The molecular weight excluding hydrogens is 428 g/mol. The number of hydrogen-bond donors (Lipinski definition) is 1. The Balaban J connectivity index is 1.64. The lowest BCUT2D eigenvalue weighted by Gasteiger charge is -2.27. The molecule has 1 heterocycles. The van der Waals surface area contributed by atoms with Crippen LogP contribution in [-0.4, -0.2) is 17.8 Å². The summed E-state index contributed by atoms with van der Waals surface area (Å²) >= 11 is 5.92. The number of benzene rings is 3. The van der Waals surface area contributed by atoms with Crippen LogP contribution in [0.1, 0.15) is 16.7 Å². The third kappa shape index (κ3) is 4.40. The quantitative estimate of drug-likeness (QED) is 0.447. The van der Waals surface area contributed by atoms with Crippen LogP contribution in [0, 0.1) is 6.92 Å². The highest BCUT2D eigenvalue weighted by atomic mass is 35.5. The van der Waals surface area contributed by atoms with E-state index < -0.39 is 17.8 Å². The molecule has 1 fully saturated rings. The summed E-state index contributed by atoms with van der Waals surface area (Å²) in [4.78, 5) is 39.1. The van der Waals surface area contributed by atoms with Gasteiger partial charge in [-0.05, 0) is 48.4 Å². The van der Waals surface area contributed by atoms with Crippen molar-refractivity contribution >= 4 is 41.2 Å². The second kappa shape index (κ2) is 9.08. The summed E-state index contributed by atoms with van der Waals surface area (Å²) < 4.78 is 5.92. The van der Waals surface area contributed by atoms with E-state index in [0.717, 1.165) is 16.0 Å². The normalized spacial score (nSPS) is 15.1. The zero-order valence-electron chi connectivity index (χ0n) is 17.2. The Morgan fingerprint density at radius 2 is 1.62 bits per heavy atom. The van der Waals surface area contributed by atoms with Gasteiger partial charge in [0.15, 0.2) is 0 Å². The highest BCUT2D eigenvalue weighted by molar-refractivity contribution is 6.39. The number of para-hydroxylation sites is 2. The molecule has 6 nitrogen and oxygen atoms in total. The van der Waals surface area contributed by atoms with E-state index in [-0.39, 0.29) is 12.2 Å². The van der Waals surface area contributed by atoms with Crippen molar-refractivity contribution in [3.05, 3.63) is 100 Å². The molecule has 0 radical (unpaired) electrons. The fourth-order valence-corrected chi connectivity index (χ4v) is 3.44. The molecule has 0 atom stereocenters. The Kier molecular flexibility index (Phi) is 6.05. The molecule has 0 aromatic heterocycles. The Bertz CT molecular complexity index is 1230. The van der Waals surface area contributed by atoms with Crippen molar-refractivity contribution in [3.63, 3.8) is 0 Å². The summed E-state index contributed by atoms with van der Waals surface area (Å²) in [5, 5.41) is 2.88. The van der Waals surface area contributed by atoms with Gasteiger partial charge in [0.1, 0.15) is 17.9 Å². The van der Waals surface area contributed by atoms with Gasteiger partial charge in [0, 0.05) is 10.6 Å². The van der Waals surface area contributed by atoms with Crippen LogP contribution in [0.3, 0.4) is 0 Å². The van der Waals surface area contributed by atoms with Crippen LogP contribution < -0.4 is 15.0 Å². The van der Waals surface area contributed by atoms with E-state index in [4.69, 9.17) is 16.3 Å². The predicted octanol–water partition coefficient (Wildman–Crippen LogP) is 4.89. The SMILES string of the molecule is Cc1ccccc1N1C(=O)NC(=O)/C(=C\c2ccccc2OCc2ccc(Cl)cc2)C1=O. The fourth-order valence-electron chi connectivity index (χ4n) is 3.32. The Labute approximate surface area is 190 Å². The molecule has 0 saturated carbocycles. The summed E-state index contributed by atoms with van der Waals surface area (Å²) in [7, 11) is 0. The third-order valence-corrected chi connectivity index (χ3v) is 5.24. The summed E-state index contributed by atoms with van der Waals surface area (Å²) in [6.45, 7) is 2.07. The first-order valence-corrected chi connectivity index (χ1v) is 10.2. The van der Waals surface area contributed by atoms with Crippen LogP contribution in [0.2, 0.25) is 5.02 Å². The molecule has 0 aliphatic carbocycles. The van der Waals surface area contributed by atoms with E-state index >= 15 is 0 Å². The maximum Gasteiger partial charge on any atom is 0.335 e. The molecule has 3 aromatic rings. The first kappa shape index (κ1) is 21.3. The molecule has 3 aromatic carbocycles. The number of hydrogen-bond acceptors (Lipinski definition) is 4. The number of ether oxygens (including phenoxy) is 1. The second-order valence-electron chi connectivity index (χ2n) is 7.20. The number of rotatable bonds is 5. The predicted molar refractivity (Wildman–Crippen MR) is 122 cm³/mol. The Morgan fingerprint density at radius 3 is 2.38 bits per heavy atom. The van der Waals surface area contributed by atoms with E-state index in [0.29, 0.717) is 22.0 Å². The maximum absolute atomic E-state index is 13.1. The standard InChI is InChI=1S/C25H19ClN2O4/c1-16-6-2-4-8-21(16)28-24(30)20(23(29)27-25(28)31)14-18-7-3-5-9-22(18)32-15-17-10-12-19(26)13-11-17/h2-14H,15H2,1H3,(H,27,29,31)/b20-14+. The number of amides is 4. The van der Waals surface area contributed by atoms with Gasteiger partial charge in [-0.25, -0.2) is 9.69 Å². The smallest absolute Gasteiger partial charge is 0.335 e. The van der Waals surface area contributed by atoms with Crippen LogP contribution >= 0.6 is 11.6 Å². The highest BCUT2D eigenvalue weighted by Crippen LogP contribution is 2.27. The summed E-state index contributed by atoms with van der Waals surface area (Å²) in [5.41, 5.74) is 2.45. The number of urea groups is 1. The zero-order valence-corrected chi connectivity index (χ0v) is 17.9. The molecule has 7 heteroatoms. The number of aryl methyl sites for hydroxylation is 1. The minimum absolute atomic E-state index is 0.157. The van der Waals surface area contributed by atoms with Crippen molar-refractivity contribution < 1.29 is 19.1 Å². The van der Waals surface area contributed by atoms with Crippen molar-refractivity contribution in [1.82, 2.24) is 5.32 Å². The molecule has 1 aliphatic rings. The molecule has 1 N–H and O–H groups in total. The van der Waals surface area contributed by atoms with Crippen molar-refractivity contribution in [2.75, 3.05) is 4.90 Å². The number of halogens is 1. The number of nitrogens with one attached hydrogen (secondary N) is 1. The topological polar surface area (TPSA) is 75.7 Å². The molecule has 1 saturated heterocycles. The maximum atomic E-state index is 13.1. The largest absolute Gasteiger partial charge is 0.488 e. The van der Waals surface area contributed by atoms with Gasteiger partial charge in [0.25, 0.3) is 11.8 Å². The van der Waals surface area contributed by atoms with Gasteiger partial charge in [0.2, 0.25) is 0 Å². The number of carbonyl (C=O) groups excluding carboxylic acids is 3.